The van der Waals surface area contributed by atoms with Crippen LogP contribution in [0.1, 0.15) is 18.4 Å². The van der Waals surface area contributed by atoms with Crippen molar-refractivity contribution in [2.45, 2.75) is 19.8 Å². The van der Waals surface area contributed by atoms with Gasteiger partial charge in [0.15, 0.2) is 0 Å². The molecule has 1 heterocycles. The molecule has 0 saturated carbocycles. The summed E-state index contributed by atoms with van der Waals surface area (Å²) in [5, 5.41) is 2.59. The fourth-order valence-electron chi connectivity index (χ4n) is 2.42. The van der Waals surface area contributed by atoms with Crippen molar-refractivity contribution >= 4 is 23.4 Å². The third kappa shape index (κ3) is 3.81. The van der Waals surface area contributed by atoms with Crippen molar-refractivity contribution in [2.24, 2.45) is 11.7 Å². The number of likely N-dealkylation sites (tertiary alicyclic amines) is 1. The molecule has 2 rings (SSSR count). The Bertz CT molecular complexity index is 563. The fourth-order valence-corrected chi connectivity index (χ4v) is 2.42. The number of benzene rings is 1. The topological polar surface area (TPSA) is 92.5 Å². The standard InChI is InChI=1S/C15H19N3O3/c1-10-3-2-4-12(9-10)17-14(20)15(21)18-7-5-11(6-8-18)13(16)19/h2-4,9,11H,5-8H2,1H3,(H2,16,19)(H,17,20). The smallest absolute Gasteiger partial charge is 0.313 e. The predicted molar refractivity (Wildman–Crippen MR) is 78.3 cm³/mol. The summed E-state index contributed by atoms with van der Waals surface area (Å²) in [6.07, 6.45) is 1.03. The van der Waals surface area contributed by atoms with Gasteiger partial charge in [0, 0.05) is 24.7 Å². The first-order valence-corrected chi connectivity index (χ1v) is 6.93. The molecule has 6 nitrogen and oxygen atoms in total. The first-order chi connectivity index (χ1) is 9.97. The van der Waals surface area contributed by atoms with Crippen molar-refractivity contribution in [2.75, 3.05) is 18.4 Å². The summed E-state index contributed by atoms with van der Waals surface area (Å²) < 4.78 is 0. The average molecular weight is 289 g/mol. The minimum Gasteiger partial charge on any atom is -0.369 e. The molecule has 3 amide bonds. The molecule has 1 aliphatic heterocycles. The van der Waals surface area contributed by atoms with Gasteiger partial charge in [0.2, 0.25) is 5.91 Å². The van der Waals surface area contributed by atoms with Gasteiger partial charge in [-0.3, -0.25) is 14.4 Å². The van der Waals surface area contributed by atoms with Crippen molar-refractivity contribution < 1.29 is 14.4 Å². The lowest BCUT2D eigenvalue weighted by molar-refractivity contribution is -0.144. The number of rotatable bonds is 2. The highest BCUT2D eigenvalue weighted by Crippen LogP contribution is 2.17. The Labute approximate surface area is 123 Å². The van der Waals surface area contributed by atoms with Crippen LogP contribution in [0, 0.1) is 12.8 Å². The Morgan fingerprint density at radius 3 is 2.48 bits per heavy atom. The van der Waals surface area contributed by atoms with Gasteiger partial charge in [-0.05, 0) is 37.5 Å². The fraction of sp³-hybridized carbons (Fsp3) is 0.400. The summed E-state index contributed by atoms with van der Waals surface area (Å²) >= 11 is 0. The Hall–Kier alpha value is -2.37. The van der Waals surface area contributed by atoms with E-state index in [9.17, 15) is 14.4 Å². The van der Waals surface area contributed by atoms with Crippen molar-refractivity contribution in [1.82, 2.24) is 4.90 Å². The molecule has 0 bridgehead atoms. The lowest BCUT2D eigenvalue weighted by atomic mass is 9.96. The average Bonchev–Trinajstić information content (AvgIpc) is 2.46. The number of nitrogens with zero attached hydrogens (tertiary/aromatic N) is 1. The van der Waals surface area contributed by atoms with E-state index >= 15 is 0 Å². The number of anilines is 1. The van der Waals surface area contributed by atoms with Crippen LogP contribution in [0.3, 0.4) is 0 Å². The van der Waals surface area contributed by atoms with Crippen LogP contribution in [0.5, 0.6) is 0 Å². The van der Waals surface area contributed by atoms with Crippen LogP contribution in [0.15, 0.2) is 24.3 Å². The van der Waals surface area contributed by atoms with Crippen LogP contribution < -0.4 is 11.1 Å². The van der Waals surface area contributed by atoms with E-state index in [1.54, 1.807) is 12.1 Å². The predicted octanol–water partition coefficient (Wildman–Crippen LogP) is 0.657. The molecule has 21 heavy (non-hydrogen) atoms. The molecule has 0 radical (unpaired) electrons. The number of hydrogen-bond acceptors (Lipinski definition) is 3. The number of nitrogens with two attached hydrogens (primary N) is 1. The maximum Gasteiger partial charge on any atom is 0.313 e. The second-order valence-electron chi connectivity index (χ2n) is 5.29. The Balaban J connectivity index is 1.91. The third-order valence-corrected chi connectivity index (χ3v) is 3.65. The molecule has 112 valence electrons. The summed E-state index contributed by atoms with van der Waals surface area (Å²) in [7, 11) is 0. The number of nitrogens with one attached hydrogen (secondary N) is 1. The molecular formula is C15H19N3O3. The van der Waals surface area contributed by atoms with Crippen molar-refractivity contribution in [3.63, 3.8) is 0 Å². The highest BCUT2D eigenvalue weighted by Gasteiger charge is 2.29. The molecule has 0 unspecified atom stereocenters. The van der Waals surface area contributed by atoms with Gasteiger partial charge in [0.1, 0.15) is 0 Å². The second kappa shape index (κ2) is 6.39. The van der Waals surface area contributed by atoms with E-state index in [1.165, 1.54) is 4.90 Å². The maximum absolute atomic E-state index is 12.1. The molecule has 1 aromatic rings. The summed E-state index contributed by atoms with van der Waals surface area (Å²) in [6, 6.07) is 7.25. The number of hydrogen-bond donors (Lipinski definition) is 2. The number of aryl methyl sites for hydroxylation is 1. The molecule has 1 aromatic carbocycles. The lowest BCUT2D eigenvalue weighted by Gasteiger charge is -2.29. The molecule has 0 atom stereocenters. The molecule has 6 heteroatoms. The normalized spacial score (nSPS) is 15.6. The first-order valence-electron chi connectivity index (χ1n) is 6.93. The van der Waals surface area contributed by atoms with E-state index in [2.05, 4.69) is 5.32 Å². The minimum atomic E-state index is -0.655. The first kappa shape index (κ1) is 15.0. The van der Waals surface area contributed by atoms with E-state index in [1.807, 2.05) is 19.1 Å². The van der Waals surface area contributed by atoms with Crippen LogP contribution >= 0.6 is 0 Å². The van der Waals surface area contributed by atoms with E-state index in [0.717, 1.165) is 5.56 Å². The molecule has 0 spiro atoms. The summed E-state index contributed by atoms with van der Waals surface area (Å²) in [6.45, 7) is 2.67. The Kier molecular flexibility index (Phi) is 4.57. The van der Waals surface area contributed by atoms with Gasteiger partial charge >= 0.3 is 11.8 Å². The monoisotopic (exact) mass is 289 g/mol. The molecule has 1 saturated heterocycles. The van der Waals surface area contributed by atoms with E-state index < -0.39 is 11.8 Å². The largest absolute Gasteiger partial charge is 0.369 e. The highest BCUT2D eigenvalue weighted by atomic mass is 16.2. The molecule has 1 fully saturated rings. The van der Waals surface area contributed by atoms with Crippen LogP contribution in [0.2, 0.25) is 0 Å². The number of primary amides is 1. The Morgan fingerprint density at radius 2 is 1.90 bits per heavy atom. The molecular weight excluding hydrogens is 270 g/mol. The SMILES string of the molecule is Cc1cccc(NC(=O)C(=O)N2CCC(C(N)=O)CC2)c1. The number of carbonyl (C=O) groups excluding carboxylic acids is 3. The number of piperidine rings is 1. The lowest BCUT2D eigenvalue weighted by Crippen LogP contribution is -2.46. The van der Waals surface area contributed by atoms with Gasteiger partial charge in [0.05, 0.1) is 0 Å². The Morgan fingerprint density at radius 1 is 1.24 bits per heavy atom. The molecule has 0 aromatic heterocycles. The van der Waals surface area contributed by atoms with E-state index in [0.29, 0.717) is 31.6 Å². The number of carbonyl (C=O) groups is 3. The van der Waals surface area contributed by atoms with Crippen molar-refractivity contribution in [1.29, 1.82) is 0 Å². The van der Waals surface area contributed by atoms with Gasteiger partial charge in [-0.1, -0.05) is 12.1 Å². The minimum absolute atomic E-state index is 0.200. The van der Waals surface area contributed by atoms with Crippen LogP contribution in [-0.2, 0) is 14.4 Å². The van der Waals surface area contributed by atoms with Gasteiger partial charge < -0.3 is 16.0 Å². The summed E-state index contributed by atoms with van der Waals surface area (Å²) in [4.78, 5) is 36.5. The third-order valence-electron chi connectivity index (χ3n) is 3.65. The van der Waals surface area contributed by atoms with Crippen LogP contribution in [0.25, 0.3) is 0 Å². The zero-order chi connectivity index (χ0) is 15.4. The highest BCUT2D eigenvalue weighted by molar-refractivity contribution is 6.39. The zero-order valence-electron chi connectivity index (χ0n) is 12.0. The van der Waals surface area contributed by atoms with Gasteiger partial charge in [-0.25, -0.2) is 0 Å². The van der Waals surface area contributed by atoms with Gasteiger partial charge in [-0.2, -0.15) is 0 Å². The molecule has 0 aliphatic carbocycles. The second-order valence-corrected chi connectivity index (χ2v) is 5.29. The van der Waals surface area contributed by atoms with Crippen LogP contribution in [0.4, 0.5) is 5.69 Å². The molecule has 1 aliphatic rings. The van der Waals surface area contributed by atoms with Crippen molar-refractivity contribution in [3.8, 4) is 0 Å². The van der Waals surface area contributed by atoms with E-state index in [4.69, 9.17) is 5.73 Å². The zero-order valence-corrected chi connectivity index (χ0v) is 12.0. The number of amides is 3. The van der Waals surface area contributed by atoms with Crippen LogP contribution in [-0.4, -0.2) is 35.7 Å². The van der Waals surface area contributed by atoms with Gasteiger partial charge in [0.25, 0.3) is 0 Å². The quantitative estimate of drug-likeness (QED) is 0.783. The van der Waals surface area contributed by atoms with Gasteiger partial charge in [-0.15, -0.1) is 0 Å². The van der Waals surface area contributed by atoms with E-state index in [-0.39, 0.29) is 11.8 Å². The summed E-state index contributed by atoms with van der Waals surface area (Å²) in [5.74, 6) is -1.77. The summed E-state index contributed by atoms with van der Waals surface area (Å²) in [5.41, 5.74) is 6.84. The molecule has 3 N–H and O–H groups in total. The van der Waals surface area contributed by atoms with Crippen molar-refractivity contribution in [3.05, 3.63) is 29.8 Å². The maximum atomic E-state index is 12.1.